The Morgan fingerprint density at radius 1 is 1.08 bits per heavy atom. The number of aliphatic carboxylic acids is 1. The molecule has 3 heteroatoms. The first kappa shape index (κ1) is 14.8. The molecule has 1 aliphatic heterocycles. The van der Waals surface area contributed by atoms with Crippen molar-refractivity contribution < 1.29 is 9.90 Å². The van der Waals surface area contributed by atoms with Crippen LogP contribution >= 0.6 is 0 Å². The van der Waals surface area contributed by atoms with E-state index >= 15 is 0 Å². The molecule has 1 heterocycles. The number of carboxylic acids is 1. The molecule has 25 heavy (non-hydrogen) atoms. The lowest BCUT2D eigenvalue weighted by molar-refractivity contribution is -0.139. The summed E-state index contributed by atoms with van der Waals surface area (Å²) in [7, 11) is 0. The van der Waals surface area contributed by atoms with Crippen molar-refractivity contribution in [3.8, 4) is 0 Å². The van der Waals surface area contributed by atoms with Gasteiger partial charge in [-0.3, -0.25) is 4.79 Å². The summed E-state index contributed by atoms with van der Waals surface area (Å²) < 4.78 is 0. The molecule has 5 atom stereocenters. The van der Waals surface area contributed by atoms with E-state index in [0.717, 1.165) is 48.1 Å². The fraction of sp³-hybridized carbons (Fsp3) is 0.682. The highest BCUT2D eigenvalue weighted by molar-refractivity contribution is 5.78. The standard InChI is InChI=1S/C22H27NO2/c24-20(25)16-12-21(17-4-2-1-3-15(16)17)7-9-23(10-8-21)19-13-22-11-14(22)5-6-18(19)22/h1-4,14,16,18-19H,5-13H2,(H,24,25). The first-order valence-corrected chi connectivity index (χ1v) is 10.2. The van der Waals surface area contributed by atoms with Gasteiger partial charge < -0.3 is 10.0 Å². The Hall–Kier alpha value is -1.35. The third-order valence-electron chi connectivity index (χ3n) is 8.92. The highest BCUT2D eigenvalue weighted by Crippen LogP contribution is 2.76. The fourth-order valence-electron chi connectivity index (χ4n) is 7.52. The lowest BCUT2D eigenvalue weighted by atomic mass is 9.64. The van der Waals surface area contributed by atoms with Gasteiger partial charge in [-0.1, -0.05) is 24.3 Å². The van der Waals surface area contributed by atoms with Gasteiger partial charge in [0.15, 0.2) is 0 Å². The van der Waals surface area contributed by atoms with E-state index in [0.29, 0.717) is 0 Å². The van der Waals surface area contributed by atoms with Crippen molar-refractivity contribution in [2.45, 2.75) is 62.3 Å². The van der Waals surface area contributed by atoms with E-state index in [1.54, 1.807) is 0 Å². The Morgan fingerprint density at radius 2 is 1.88 bits per heavy atom. The van der Waals surface area contributed by atoms with Gasteiger partial charge in [-0.05, 0) is 91.8 Å². The fourth-order valence-corrected chi connectivity index (χ4v) is 7.52. The largest absolute Gasteiger partial charge is 0.481 e. The molecule has 1 aromatic rings. The molecule has 4 aliphatic carbocycles. The smallest absolute Gasteiger partial charge is 0.311 e. The first-order chi connectivity index (χ1) is 12.1. The molecule has 132 valence electrons. The van der Waals surface area contributed by atoms with Gasteiger partial charge in [-0.25, -0.2) is 0 Å². The first-order valence-electron chi connectivity index (χ1n) is 10.2. The lowest BCUT2D eigenvalue weighted by Gasteiger charge is -2.53. The van der Waals surface area contributed by atoms with Gasteiger partial charge in [-0.2, -0.15) is 0 Å². The number of benzene rings is 1. The van der Waals surface area contributed by atoms with E-state index in [2.05, 4.69) is 23.1 Å². The molecule has 2 spiro atoms. The number of nitrogens with zero attached hydrogens (tertiary/aromatic N) is 1. The lowest BCUT2D eigenvalue weighted by Crippen LogP contribution is -2.56. The summed E-state index contributed by atoms with van der Waals surface area (Å²) >= 11 is 0. The third-order valence-corrected chi connectivity index (χ3v) is 8.92. The second kappa shape index (κ2) is 4.68. The number of rotatable bonds is 2. The third kappa shape index (κ3) is 1.78. The van der Waals surface area contributed by atoms with Gasteiger partial charge in [0.1, 0.15) is 0 Å². The van der Waals surface area contributed by atoms with E-state index in [1.165, 1.54) is 44.3 Å². The van der Waals surface area contributed by atoms with E-state index < -0.39 is 5.97 Å². The molecule has 3 saturated carbocycles. The Morgan fingerprint density at radius 3 is 2.60 bits per heavy atom. The van der Waals surface area contributed by atoms with E-state index in [-0.39, 0.29) is 11.3 Å². The molecule has 3 nitrogen and oxygen atoms in total. The Bertz CT molecular complexity index is 748. The van der Waals surface area contributed by atoms with Crippen LogP contribution in [-0.2, 0) is 10.2 Å². The maximum atomic E-state index is 11.8. The second-order valence-electron chi connectivity index (χ2n) is 9.59. The highest BCUT2D eigenvalue weighted by Gasteiger charge is 2.71. The van der Waals surface area contributed by atoms with Crippen LogP contribution in [0.3, 0.4) is 0 Å². The normalized spacial score (nSPS) is 43.2. The van der Waals surface area contributed by atoms with Crippen LogP contribution in [0.4, 0.5) is 0 Å². The second-order valence-corrected chi connectivity index (χ2v) is 9.59. The molecule has 0 aromatic heterocycles. The summed E-state index contributed by atoms with van der Waals surface area (Å²) in [4.78, 5) is 14.5. The van der Waals surface area contributed by atoms with Crippen LogP contribution in [0.5, 0.6) is 0 Å². The van der Waals surface area contributed by atoms with Crippen LogP contribution in [-0.4, -0.2) is 35.1 Å². The van der Waals surface area contributed by atoms with Crippen LogP contribution < -0.4 is 0 Å². The highest BCUT2D eigenvalue weighted by atomic mass is 16.4. The van der Waals surface area contributed by atoms with Crippen molar-refractivity contribution in [1.29, 1.82) is 0 Å². The molecule has 6 rings (SSSR count). The van der Waals surface area contributed by atoms with Crippen LogP contribution in [0.2, 0.25) is 0 Å². The summed E-state index contributed by atoms with van der Waals surface area (Å²) in [5, 5.41) is 9.69. The monoisotopic (exact) mass is 337 g/mol. The predicted octanol–water partition coefficient (Wildman–Crippen LogP) is 3.78. The molecule has 4 fully saturated rings. The topological polar surface area (TPSA) is 40.5 Å². The Kier molecular flexibility index (Phi) is 2.76. The summed E-state index contributed by atoms with van der Waals surface area (Å²) in [5.74, 6) is 1.15. The predicted molar refractivity (Wildman–Crippen MR) is 95.6 cm³/mol. The Balaban J connectivity index is 1.22. The molecule has 1 aromatic carbocycles. The van der Waals surface area contributed by atoms with Gasteiger partial charge in [-0.15, -0.1) is 0 Å². The van der Waals surface area contributed by atoms with Crippen LogP contribution in [0.1, 0.15) is 62.0 Å². The zero-order valence-corrected chi connectivity index (χ0v) is 14.8. The molecule has 0 amide bonds. The molecule has 1 N–H and O–H groups in total. The minimum Gasteiger partial charge on any atom is -0.481 e. The zero-order chi connectivity index (χ0) is 16.8. The maximum Gasteiger partial charge on any atom is 0.311 e. The molecule has 0 bridgehead atoms. The van der Waals surface area contributed by atoms with E-state index in [4.69, 9.17) is 0 Å². The van der Waals surface area contributed by atoms with E-state index in [9.17, 15) is 9.90 Å². The van der Waals surface area contributed by atoms with Crippen LogP contribution in [0.25, 0.3) is 0 Å². The average Bonchev–Trinajstić information content (AvgIpc) is 3.17. The van der Waals surface area contributed by atoms with Gasteiger partial charge in [0.25, 0.3) is 0 Å². The molecule has 5 aliphatic rings. The van der Waals surface area contributed by atoms with Crippen molar-refractivity contribution in [3.05, 3.63) is 35.4 Å². The average molecular weight is 337 g/mol. The van der Waals surface area contributed by atoms with Crippen LogP contribution in [0.15, 0.2) is 24.3 Å². The maximum absolute atomic E-state index is 11.8. The number of carbonyl (C=O) groups is 1. The quantitative estimate of drug-likeness (QED) is 0.893. The van der Waals surface area contributed by atoms with Crippen molar-refractivity contribution in [2.75, 3.05) is 13.1 Å². The molecule has 1 saturated heterocycles. The number of hydrogen-bond acceptors (Lipinski definition) is 2. The van der Waals surface area contributed by atoms with Gasteiger partial charge >= 0.3 is 5.97 Å². The molecule has 0 radical (unpaired) electrons. The molecular formula is C22H27NO2. The van der Waals surface area contributed by atoms with Crippen molar-refractivity contribution in [1.82, 2.24) is 4.90 Å². The molecular weight excluding hydrogens is 310 g/mol. The molecule has 5 unspecified atom stereocenters. The van der Waals surface area contributed by atoms with Crippen LogP contribution in [0, 0.1) is 17.3 Å². The van der Waals surface area contributed by atoms with E-state index in [1.807, 2.05) is 6.07 Å². The van der Waals surface area contributed by atoms with Crippen molar-refractivity contribution >= 4 is 5.97 Å². The summed E-state index contributed by atoms with van der Waals surface area (Å²) in [6, 6.07) is 9.20. The van der Waals surface area contributed by atoms with Crippen molar-refractivity contribution in [2.24, 2.45) is 17.3 Å². The number of hydrogen-bond donors (Lipinski definition) is 1. The van der Waals surface area contributed by atoms with Gasteiger partial charge in [0.05, 0.1) is 5.92 Å². The zero-order valence-electron chi connectivity index (χ0n) is 14.8. The Labute approximate surface area is 149 Å². The number of fused-ring (bicyclic) bond motifs is 2. The number of piperidine rings is 1. The van der Waals surface area contributed by atoms with Crippen molar-refractivity contribution in [3.63, 3.8) is 0 Å². The van der Waals surface area contributed by atoms with Gasteiger partial charge in [0, 0.05) is 6.04 Å². The minimum absolute atomic E-state index is 0.120. The number of carboxylic acid groups (broad SMARTS) is 1. The minimum atomic E-state index is -0.640. The van der Waals surface area contributed by atoms with Gasteiger partial charge in [0.2, 0.25) is 0 Å². The SMILES string of the molecule is O=C(O)C1CC2(CCN(C3CC45CC4CCC35)CC2)c2ccccc21. The summed E-state index contributed by atoms with van der Waals surface area (Å²) in [6.45, 7) is 2.34. The summed E-state index contributed by atoms with van der Waals surface area (Å²) in [6.07, 6.45) is 9.06. The summed E-state index contributed by atoms with van der Waals surface area (Å²) in [5.41, 5.74) is 3.35. The number of likely N-dealkylation sites (tertiary alicyclic amines) is 1.